The van der Waals surface area contributed by atoms with Gasteiger partial charge < -0.3 is 0 Å². The Kier molecular flexibility index (Phi) is 4.95. The van der Waals surface area contributed by atoms with Crippen molar-refractivity contribution in [2.75, 3.05) is 9.34 Å². The van der Waals surface area contributed by atoms with Crippen molar-refractivity contribution in [3.63, 3.8) is 0 Å². The molecule has 4 heteroatoms. The van der Waals surface area contributed by atoms with Gasteiger partial charge in [0.25, 0.3) is 0 Å². The molecule has 0 unspecified atom stereocenters. The third kappa shape index (κ3) is 3.25. The summed E-state index contributed by atoms with van der Waals surface area (Å²) < 4.78 is 19.6. The summed E-state index contributed by atoms with van der Waals surface area (Å²) in [4.78, 5) is 0. The van der Waals surface area contributed by atoms with E-state index in [0.717, 1.165) is 39.2 Å². The summed E-state index contributed by atoms with van der Waals surface area (Å²) in [7, 11) is -3.29. The lowest BCUT2D eigenvalue weighted by Crippen LogP contribution is -2.27. The van der Waals surface area contributed by atoms with Gasteiger partial charge in [0.2, 0.25) is 0 Å². The number of hydrogen-bond acceptors (Lipinski definition) is 1. The average molecular weight is 439 g/mol. The average Bonchev–Trinajstić information content (AvgIpc) is 3.04. The minimum atomic E-state index is -3.29. The molecule has 0 amide bonds. The number of nitrogens with zero attached hydrogens (tertiary/aromatic N) is 2. The molecule has 0 N–H and O–H groups in total. The van der Waals surface area contributed by atoms with E-state index in [-0.39, 0.29) is 0 Å². The van der Waals surface area contributed by atoms with Crippen LogP contribution in [0.3, 0.4) is 0 Å². The van der Waals surface area contributed by atoms with E-state index in [9.17, 15) is 0 Å². The third-order valence-electron chi connectivity index (χ3n) is 5.98. The molecule has 5 rings (SSSR count). The van der Waals surface area contributed by atoms with Crippen molar-refractivity contribution in [2.24, 2.45) is 0 Å². The molecular formula is C28H27N2OP. The van der Waals surface area contributed by atoms with Crippen LogP contribution in [0.25, 0.3) is 0 Å². The van der Waals surface area contributed by atoms with Crippen LogP contribution in [0, 0.1) is 27.7 Å². The smallest absolute Gasteiger partial charge is 0.270 e. The molecule has 0 saturated carbocycles. The first-order valence-corrected chi connectivity index (χ1v) is 12.5. The Hall–Kier alpha value is -3.29. The van der Waals surface area contributed by atoms with Crippen LogP contribution < -0.4 is 14.6 Å². The predicted octanol–water partition coefficient (Wildman–Crippen LogP) is 7.73. The van der Waals surface area contributed by atoms with Crippen molar-refractivity contribution in [1.82, 2.24) is 0 Å². The zero-order valence-corrected chi connectivity index (χ0v) is 19.8. The number of anilines is 4. The standard InChI is InChI=1S/C28H27N2OP/c1-20-9-13-24(14-10-20)29-27-7-5-6-8-28(27)30(25-15-11-21(2)12-16-25)32(29,31)26-18-22(3)17-23(4)19-26/h5-19H,1-4H3. The molecule has 0 aliphatic carbocycles. The SMILES string of the molecule is Cc1ccc(N2c3ccccc3N(c3ccc(C)cc3)P2(=O)c2cc(C)cc(C)c2)cc1. The van der Waals surface area contributed by atoms with Crippen molar-refractivity contribution in [3.8, 4) is 0 Å². The number of rotatable bonds is 3. The van der Waals surface area contributed by atoms with Crippen LogP contribution in [0.5, 0.6) is 0 Å². The Morgan fingerprint density at radius 2 is 0.938 bits per heavy atom. The molecule has 0 bridgehead atoms. The predicted molar refractivity (Wildman–Crippen MR) is 136 cm³/mol. The summed E-state index contributed by atoms with van der Waals surface area (Å²) in [6.07, 6.45) is 0. The molecule has 160 valence electrons. The van der Waals surface area contributed by atoms with E-state index in [1.807, 2.05) is 12.1 Å². The monoisotopic (exact) mass is 438 g/mol. The highest BCUT2D eigenvalue weighted by atomic mass is 31.2. The van der Waals surface area contributed by atoms with E-state index in [0.29, 0.717) is 0 Å². The van der Waals surface area contributed by atoms with Gasteiger partial charge in [-0.2, -0.15) is 0 Å². The maximum atomic E-state index is 15.5. The van der Waals surface area contributed by atoms with Gasteiger partial charge in [0.05, 0.1) is 16.7 Å². The summed E-state index contributed by atoms with van der Waals surface area (Å²) in [5.74, 6) is 0. The van der Waals surface area contributed by atoms with Gasteiger partial charge in [0, 0.05) is 11.4 Å². The fourth-order valence-electron chi connectivity index (χ4n) is 4.52. The van der Waals surface area contributed by atoms with Crippen molar-refractivity contribution in [1.29, 1.82) is 0 Å². The molecule has 1 aliphatic heterocycles. The summed E-state index contributed by atoms with van der Waals surface area (Å²) in [5, 5.41) is 0.840. The molecule has 0 aromatic heterocycles. The van der Waals surface area contributed by atoms with Crippen molar-refractivity contribution < 1.29 is 4.57 Å². The van der Waals surface area contributed by atoms with Gasteiger partial charge in [0.15, 0.2) is 0 Å². The van der Waals surface area contributed by atoms with E-state index in [1.165, 1.54) is 11.1 Å². The van der Waals surface area contributed by atoms with Gasteiger partial charge in [-0.3, -0.25) is 13.9 Å². The second kappa shape index (κ2) is 7.69. The van der Waals surface area contributed by atoms with Crippen molar-refractivity contribution in [2.45, 2.75) is 27.7 Å². The van der Waals surface area contributed by atoms with E-state index >= 15 is 4.57 Å². The second-order valence-corrected chi connectivity index (χ2v) is 11.1. The highest BCUT2D eigenvalue weighted by Gasteiger charge is 2.48. The highest BCUT2D eigenvalue weighted by molar-refractivity contribution is 7.76. The lowest BCUT2D eigenvalue weighted by molar-refractivity contribution is 0.582. The summed E-state index contributed by atoms with van der Waals surface area (Å²) in [6.45, 7) is 8.28. The topological polar surface area (TPSA) is 23.6 Å². The summed E-state index contributed by atoms with van der Waals surface area (Å²) in [5.41, 5.74) is 8.35. The maximum Gasteiger partial charge on any atom is 0.301 e. The Bertz CT molecular complexity index is 1250. The van der Waals surface area contributed by atoms with E-state index in [1.54, 1.807) is 0 Å². The molecule has 0 atom stereocenters. The molecule has 0 radical (unpaired) electrons. The van der Waals surface area contributed by atoms with Gasteiger partial charge >= 0.3 is 7.44 Å². The Balaban J connectivity index is 1.84. The summed E-state index contributed by atoms with van der Waals surface area (Å²) >= 11 is 0. The number of benzene rings is 4. The zero-order chi connectivity index (χ0) is 22.5. The second-order valence-electron chi connectivity index (χ2n) is 8.67. The zero-order valence-electron chi connectivity index (χ0n) is 18.9. The molecule has 4 aromatic rings. The van der Waals surface area contributed by atoms with Crippen LogP contribution in [0.2, 0.25) is 0 Å². The molecule has 1 aliphatic rings. The van der Waals surface area contributed by atoms with Crippen LogP contribution in [0.4, 0.5) is 22.7 Å². The molecule has 32 heavy (non-hydrogen) atoms. The number of aryl methyl sites for hydroxylation is 4. The van der Waals surface area contributed by atoms with E-state index in [2.05, 4.69) is 116 Å². The first-order valence-electron chi connectivity index (χ1n) is 10.9. The number of hydrogen-bond donors (Lipinski definition) is 0. The number of para-hydroxylation sites is 2. The molecule has 4 aromatic carbocycles. The lowest BCUT2D eigenvalue weighted by Gasteiger charge is -2.33. The fourth-order valence-corrected chi connectivity index (χ4v) is 7.72. The normalized spacial score (nSPS) is 14.5. The Morgan fingerprint density at radius 1 is 0.531 bits per heavy atom. The minimum Gasteiger partial charge on any atom is -0.270 e. The minimum absolute atomic E-state index is 0.840. The Labute approximate surface area is 190 Å². The lowest BCUT2D eigenvalue weighted by atomic mass is 10.2. The number of fused-ring (bicyclic) bond motifs is 1. The summed E-state index contributed by atoms with van der Waals surface area (Å²) in [6, 6.07) is 31.1. The van der Waals surface area contributed by atoms with Crippen molar-refractivity contribution >= 4 is 35.5 Å². The van der Waals surface area contributed by atoms with E-state index < -0.39 is 7.44 Å². The van der Waals surface area contributed by atoms with E-state index in [4.69, 9.17) is 0 Å². The first-order chi connectivity index (χ1) is 15.4. The molecule has 1 heterocycles. The van der Waals surface area contributed by atoms with Crippen LogP contribution in [-0.4, -0.2) is 0 Å². The van der Waals surface area contributed by atoms with Gasteiger partial charge in [-0.1, -0.05) is 53.6 Å². The van der Waals surface area contributed by atoms with Gasteiger partial charge in [-0.25, -0.2) is 0 Å². The van der Waals surface area contributed by atoms with Gasteiger partial charge in [-0.05, 0) is 87.4 Å². The first kappa shape index (κ1) is 20.6. The molecule has 0 fully saturated rings. The van der Waals surface area contributed by atoms with Crippen LogP contribution in [0.15, 0.2) is 91.0 Å². The fraction of sp³-hybridized carbons (Fsp3) is 0.143. The van der Waals surface area contributed by atoms with Gasteiger partial charge in [-0.15, -0.1) is 0 Å². The van der Waals surface area contributed by atoms with Crippen LogP contribution in [0.1, 0.15) is 22.3 Å². The molecule has 0 spiro atoms. The quantitative estimate of drug-likeness (QED) is 0.306. The van der Waals surface area contributed by atoms with Crippen molar-refractivity contribution in [3.05, 3.63) is 113 Å². The Morgan fingerprint density at radius 3 is 1.34 bits per heavy atom. The third-order valence-corrected chi connectivity index (χ3v) is 8.89. The van der Waals surface area contributed by atoms with Gasteiger partial charge in [0.1, 0.15) is 0 Å². The highest BCUT2D eigenvalue weighted by Crippen LogP contribution is 2.69. The molecular weight excluding hydrogens is 411 g/mol. The maximum absolute atomic E-state index is 15.5. The van der Waals surface area contributed by atoms with Crippen LogP contribution >= 0.6 is 7.44 Å². The molecule has 3 nitrogen and oxygen atoms in total. The molecule has 0 saturated heterocycles. The largest absolute Gasteiger partial charge is 0.301 e. The van der Waals surface area contributed by atoms with Crippen LogP contribution in [-0.2, 0) is 4.57 Å².